The number of benzene rings is 3. The molecule has 3 aromatic rings. The summed E-state index contributed by atoms with van der Waals surface area (Å²) in [5.74, 6) is 0.298. The molecule has 0 amide bonds. The van der Waals surface area contributed by atoms with Gasteiger partial charge in [-0.2, -0.15) is 0 Å². The van der Waals surface area contributed by atoms with E-state index in [-0.39, 0.29) is 23.5 Å². The van der Waals surface area contributed by atoms with E-state index in [4.69, 9.17) is 4.74 Å². The first kappa shape index (κ1) is 22.4. The Bertz CT molecular complexity index is 1040. The number of carbonyl (C=O) groups excluding carboxylic acids is 1. The smallest absolute Gasteiger partial charge is 0.162 e. The molecule has 1 aliphatic heterocycles. The lowest BCUT2D eigenvalue weighted by molar-refractivity contribution is 0.0967. The van der Waals surface area contributed by atoms with E-state index in [0.717, 1.165) is 62.9 Å². The number of ketones is 1. The minimum Gasteiger partial charge on any atom is -0.490 e. The van der Waals surface area contributed by atoms with Crippen LogP contribution in [0.3, 0.4) is 0 Å². The van der Waals surface area contributed by atoms with Gasteiger partial charge in [-0.05, 0) is 68.6 Å². The Morgan fingerprint density at radius 3 is 2.38 bits per heavy atom. The lowest BCUT2D eigenvalue weighted by atomic mass is 10.0. The number of hydrogen-bond donors (Lipinski definition) is 0. The molecule has 0 bridgehead atoms. The number of nitrogens with zero attached hydrogens (tertiary/aromatic N) is 1. The Morgan fingerprint density at radius 2 is 1.59 bits per heavy atom. The second-order valence-corrected chi connectivity index (χ2v) is 8.49. The molecule has 1 heterocycles. The van der Waals surface area contributed by atoms with E-state index in [9.17, 15) is 13.6 Å². The van der Waals surface area contributed by atoms with Gasteiger partial charge in [-0.25, -0.2) is 8.78 Å². The monoisotopic (exact) mass is 437 g/mol. The number of ether oxygens (including phenoxy) is 1. The number of rotatable bonds is 9. The maximum absolute atomic E-state index is 14.0. The van der Waals surface area contributed by atoms with Crippen LogP contribution in [-0.2, 0) is 0 Å². The van der Waals surface area contributed by atoms with Crippen molar-refractivity contribution >= 4 is 16.6 Å². The van der Waals surface area contributed by atoms with Crippen molar-refractivity contribution in [3.05, 3.63) is 77.9 Å². The fourth-order valence-electron chi connectivity index (χ4n) is 4.35. The molecule has 0 aliphatic carbocycles. The highest BCUT2D eigenvalue weighted by atomic mass is 19.1. The van der Waals surface area contributed by atoms with E-state index in [1.54, 1.807) is 24.3 Å². The van der Waals surface area contributed by atoms with Gasteiger partial charge in [0.05, 0.1) is 0 Å². The van der Waals surface area contributed by atoms with Crippen LogP contribution in [0.4, 0.5) is 8.78 Å². The third-order valence-electron chi connectivity index (χ3n) is 6.20. The largest absolute Gasteiger partial charge is 0.490 e. The molecule has 3 nitrogen and oxygen atoms in total. The molecule has 5 heteroatoms. The van der Waals surface area contributed by atoms with Crippen LogP contribution in [0.1, 0.15) is 48.9 Å². The average Bonchev–Trinajstić information content (AvgIpc) is 2.81. The van der Waals surface area contributed by atoms with Gasteiger partial charge in [-0.3, -0.25) is 4.79 Å². The summed E-state index contributed by atoms with van der Waals surface area (Å²) in [7, 11) is 0. The molecule has 0 aromatic heterocycles. The topological polar surface area (TPSA) is 29.5 Å². The van der Waals surface area contributed by atoms with Gasteiger partial charge in [-0.15, -0.1) is 0 Å². The summed E-state index contributed by atoms with van der Waals surface area (Å²) in [6, 6.07) is 16.4. The van der Waals surface area contributed by atoms with Crippen LogP contribution in [0.15, 0.2) is 60.7 Å². The van der Waals surface area contributed by atoms with E-state index in [2.05, 4.69) is 4.90 Å². The van der Waals surface area contributed by atoms with Crippen molar-refractivity contribution in [2.45, 2.75) is 44.6 Å². The van der Waals surface area contributed by atoms with Crippen LogP contribution in [-0.4, -0.2) is 36.4 Å². The minimum absolute atomic E-state index is 0.0799. The molecule has 0 N–H and O–H groups in total. The minimum atomic E-state index is -0.318. The first-order valence-electron chi connectivity index (χ1n) is 11.5. The molecule has 168 valence electrons. The van der Waals surface area contributed by atoms with Gasteiger partial charge >= 0.3 is 0 Å². The predicted octanol–water partition coefficient (Wildman–Crippen LogP) is 6.40. The highest BCUT2D eigenvalue weighted by Crippen LogP contribution is 2.29. The second kappa shape index (κ2) is 10.7. The van der Waals surface area contributed by atoms with E-state index in [1.165, 1.54) is 18.2 Å². The first-order chi connectivity index (χ1) is 15.6. The van der Waals surface area contributed by atoms with Gasteiger partial charge in [0.15, 0.2) is 5.78 Å². The number of halogens is 2. The maximum Gasteiger partial charge on any atom is 0.162 e. The van der Waals surface area contributed by atoms with Crippen LogP contribution >= 0.6 is 0 Å². The molecule has 4 rings (SSSR count). The van der Waals surface area contributed by atoms with E-state index < -0.39 is 0 Å². The number of carbonyl (C=O) groups is 1. The average molecular weight is 438 g/mol. The number of Topliss-reactive ketones (excluding diaryl/α,β-unsaturated/α-hetero) is 1. The summed E-state index contributed by atoms with van der Waals surface area (Å²) in [4.78, 5) is 14.6. The lowest BCUT2D eigenvalue weighted by Crippen LogP contribution is -2.38. The lowest BCUT2D eigenvalue weighted by Gasteiger charge is -2.32. The zero-order valence-corrected chi connectivity index (χ0v) is 18.2. The van der Waals surface area contributed by atoms with E-state index in [1.807, 2.05) is 18.2 Å². The molecule has 0 saturated carbocycles. The first-order valence-corrected chi connectivity index (χ1v) is 11.5. The van der Waals surface area contributed by atoms with Crippen LogP contribution in [0, 0.1) is 11.6 Å². The molecule has 0 atom stereocenters. The van der Waals surface area contributed by atoms with Gasteiger partial charge in [0.25, 0.3) is 0 Å². The summed E-state index contributed by atoms with van der Waals surface area (Å²) < 4.78 is 33.2. The predicted molar refractivity (Wildman–Crippen MR) is 123 cm³/mol. The van der Waals surface area contributed by atoms with Gasteiger partial charge in [-0.1, -0.05) is 30.7 Å². The Labute approximate surface area is 188 Å². The summed E-state index contributed by atoms with van der Waals surface area (Å²) in [6.07, 6.45) is 5.48. The number of unbranched alkanes of at least 4 members (excludes halogenated alkanes) is 2. The third kappa shape index (κ3) is 5.71. The van der Waals surface area contributed by atoms with Crippen molar-refractivity contribution in [2.75, 3.05) is 19.6 Å². The van der Waals surface area contributed by atoms with Crippen molar-refractivity contribution in [3.63, 3.8) is 0 Å². The maximum atomic E-state index is 14.0. The van der Waals surface area contributed by atoms with Crippen LogP contribution in [0.5, 0.6) is 5.75 Å². The normalized spacial score (nSPS) is 15.2. The van der Waals surface area contributed by atoms with Gasteiger partial charge in [0.1, 0.15) is 23.5 Å². The molecule has 1 saturated heterocycles. The Hall–Kier alpha value is -2.79. The summed E-state index contributed by atoms with van der Waals surface area (Å²) in [5.41, 5.74) is 0.586. The molecule has 32 heavy (non-hydrogen) atoms. The van der Waals surface area contributed by atoms with Crippen molar-refractivity contribution in [1.29, 1.82) is 0 Å². The fraction of sp³-hybridized carbons (Fsp3) is 0.370. The number of fused-ring (bicyclic) bond motifs is 1. The Kier molecular flexibility index (Phi) is 7.48. The highest BCUT2D eigenvalue weighted by molar-refractivity contribution is 5.95. The molecule has 1 aliphatic rings. The third-order valence-corrected chi connectivity index (χ3v) is 6.20. The molecular formula is C27H29F2NO2. The Morgan fingerprint density at radius 1 is 0.875 bits per heavy atom. The van der Waals surface area contributed by atoms with E-state index >= 15 is 0 Å². The number of hydrogen-bond acceptors (Lipinski definition) is 3. The molecule has 3 aromatic carbocycles. The van der Waals surface area contributed by atoms with Gasteiger partial charge < -0.3 is 9.64 Å². The van der Waals surface area contributed by atoms with Crippen LogP contribution < -0.4 is 4.74 Å². The number of piperidine rings is 1. The molecule has 0 radical (unpaired) electrons. The quantitative estimate of drug-likeness (QED) is 0.286. The summed E-state index contributed by atoms with van der Waals surface area (Å²) >= 11 is 0. The Balaban J connectivity index is 1.16. The van der Waals surface area contributed by atoms with Crippen LogP contribution in [0.25, 0.3) is 10.8 Å². The van der Waals surface area contributed by atoms with Crippen molar-refractivity contribution in [1.82, 2.24) is 4.90 Å². The second-order valence-electron chi connectivity index (χ2n) is 8.49. The summed E-state index contributed by atoms with van der Waals surface area (Å²) in [5, 5.41) is 1.42. The zero-order valence-electron chi connectivity index (χ0n) is 18.2. The fourth-order valence-corrected chi connectivity index (χ4v) is 4.35. The van der Waals surface area contributed by atoms with Gasteiger partial charge in [0, 0.05) is 35.8 Å². The zero-order chi connectivity index (χ0) is 22.3. The van der Waals surface area contributed by atoms with E-state index in [0.29, 0.717) is 17.4 Å². The van der Waals surface area contributed by atoms with Crippen LogP contribution in [0.2, 0.25) is 0 Å². The SMILES string of the molecule is O=C(CCCCCN1CCC(Oc2cccc3c(F)cccc23)CC1)c1ccc(F)cc1. The summed E-state index contributed by atoms with van der Waals surface area (Å²) in [6.45, 7) is 2.99. The van der Waals surface area contributed by atoms with Crippen molar-refractivity contribution < 1.29 is 18.3 Å². The molecule has 1 fully saturated rings. The number of likely N-dealkylation sites (tertiary alicyclic amines) is 1. The molecular weight excluding hydrogens is 408 g/mol. The van der Waals surface area contributed by atoms with Crippen molar-refractivity contribution in [2.24, 2.45) is 0 Å². The molecule has 0 unspecified atom stereocenters. The highest BCUT2D eigenvalue weighted by Gasteiger charge is 2.21. The standard InChI is InChI=1S/C27H29F2NO2/c28-21-13-11-20(12-14-21)26(31)9-2-1-3-17-30-18-15-22(16-19-30)32-27-10-5-6-23-24(27)7-4-8-25(23)29/h4-8,10-14,22H,1-3,9,15-19H2. The molecule has 0 spiro atoms. The van der Waals surface area contributed by atoms with Crippen molar-refractivity contribution in [3.8, 4) is 5.75 Å². The van der Waals surface area contributed by atoms with Gasteiger partial charge in [0.2, 0.25) is 0 Å².